The summed E-state index contributed by atoms with van der Waals surface area (Å²) in [6.07, 6.45) is -0.627. The second kappa shape index (κ2) is 7.62. The Balaban J connectivity index is 1.57. The zero-order valence-electron chi connectivity index (χ0n) is 15.5. The number of aromatic amines is 1. The summed E-state index contributed by atoms with van der Waals surface area (Å²) in [5.74, 6) is -0.0638. The summed E-state index contributed by atoms with van der Waals surface area (Å²) in [6, 6.07) is 6.65. The molecule has 152 valence electrons. The van der Waals surface area contributed by atoms with Gasteiger partial charge in [-0.05, 0) is 19.1 Å². The molecule has 1 aliphatic rings. The van der Waals surface area contributed by atoms with E-state index in [1.807, 2.05) is 19.1 Å². The smallest absolute Gasteiger partial charge is 0.326 e. The second-order valence-corrected chi connectivity index (χ2v) is 6.80. The van der Waals surface area contributed by atoms with Gasteiger partial charge >= 0.3 is 6.03 Å². The standard InChI is InChI=1S/C18H20N6O5/c1-9-2-4-10(5-3-9)20-18(28)23-17-21-15-14(16(27)22-17)19-8-24(15)13-6-11(26)12(7-25)29-13/h2-5,8,11-13,25-26H,6-7H2,1H3,(H3,20,21,22,23,27,28)/t11-,12+,13+/m0/s1. The quantitative estimate of drug-likeness (QED) is 0.432. The number of aryl methyl sites for hydroxylation is 1. The third-order valence-electron chi connectivity index (χ3n) is 4.67. The van der Waals surface area contributed by atoms with Gasteiger partial charge in [-0.25, -0.2) is 9.78 Å². The van der Waals surface area contributed by atoms with Crippen molar-refractivity contribution in [2.24, 2.45) is 0 Å². The number of hydrogen-bond donors (Lipinski definition) is 5. The van der Waals surface area contributed by atoms with Crippen LogP contribution in [0, 0.1) is 6.92 Å². The summed E-state index contributed by atoms with van der Waals surface area (Å²) in [5, 5.41) is 24.3. The SMILES string of the molecule is Cc1ccc(NC(=O)Nc2nc3c(ncn3[C@H]3C[C@H](O)[C@@H](CO)O3)c(=O)[nH]2)cc1. The van der Waals surface area contributed by atoms with Gasteiger partial charge in [0.05, 0.1) is 19.0 Å². The Morgan fingerprint density at radius 3 is 2.79 bits per heavy atom. The van der Waals surface area contributed by atoms with Crippen molar-refractivity contribution in [2.75, 3.05) is 17.2 Å². The van der Waals surface area contributed by atoms with E-state index in [9.17, 15) is 19.8 Å². The zero-order chi connectivity index (χ0) is 20.5. The van der Waals surface area contributed by atoms with E-state index in [2.05, 4.69) is 25.6 Å². The number of rotatable bonds is 4. The molecule has 0 spiro atoms. The van der Waals surface area contributed by atoms with Crippen LogP contribution in [0.25, 0.3) is 11.2 Å². The van der Waals surface area contributed by atoms with E-state index in [0.717, 1.165) is 5.56 Å². The molecule has 0 aliphatic carbocycles. The van der Waals surface area contributed by atoms with E-state index < -0.39 is 30.0 Å². The van der Waals surface area contributed by atoms with Crippen LogP contribution in [0.3, 0.4) is 0 Å². The number of benzene rings is 1. The van der Waals surface area contributed by atoms with Gasteiger partial charge in [-0.15, -0.1) is 0 Å². The Morgan fingerprint density at radius 2 is 2.10 bits per heavy atom. The van der Waals surface area contributed by atoms with E-state index >= 15 is 0 Å². The Bertz CT molecular complexity index is 1090. The third-order valence-corrected chi connectivity index (χ3v) is 4.67. The largest absolute Gasteiger partial charge is 0.394 e. The molecule has 1 aromatic carbocycles. The first-order valence-corrected chi connectivity index (χ1v) is 9.00. The number of hydrogen-bond acceptors (Lipinski definition) is 7. The number of anilines is 2. The van der Waals surface area contributed by atoms with Gasteiger partial charge in [0, 0.05) is 12.1 Å². The van der Waals surface area contributed by atoms with Crippen LogP contribution in [-0.4, -0.2) is 54.6 Å². The first-order chi connectivity index (χ1) is 13.9. The molecule has 2 amide bonds. The number of amides is 2. The lowest BCUT2D eigenvalue weighted by molar-refractivity contribution is -0.0432. The number of urea groups is 1. The number of fused-ring (bicyclic) bond motifs is 1. The van der Waals surface area contributed by atoms with Crippen molar-refractivity contribution in [2.45, 2.75) is 31.8 Å². The monoisotopic (exact) mass is 400 g/mol. The Hall–Kier alpha value is -3.28. The minimum atomic E-state index is -0.845. The van der Waals surface area contributed by atoms with E-state index in [-0.39, 0.29) is 30.1 Å². The molecular weight excluding hydrogens is 380 g/mol. The Kier molecular flexibility index (Phi) is 5.01. The molecule has 1 fully saturated rings. The van der Waals surface area contributed by atoms with Crippen molar-refractivity contribution >= 4 is 28.8 Å². The number of nitrogens with zero attached hydrogens (tertiary/aromatic N) is 3. The van der Waals surface area contributed by atoms with Gasteiger partial charge in [0.1, 0.15) is 12.3 Å². The number of carbonyl (C=O) groups is 1. The maximum atomic E-state index is 12.3. The van der Waals surface area contributed by atoms with Crippen LogP contribution >= 0.6 is 0 Å². The topological polar surface area (TPSA) is 154 Å². The predicted molar refractivity (Wildman–Crippen MR) is 104 cm³/mol. The lowest BCUT2D eigenvalue weighted by atomic mass is 10.2. The van der Waals surface area contributed by atoms with Crippen LogP contribution < -0.4 is 16.2 Å². The highest BCUT2D eigenvalue weighted by atomic mass is 16.5. The first-order valence-electron chi connectivity index (χ1n) is 9.00. The lowest BCUT2D eigenvalue weighted by Gasteiger charge is -2.14. The molecule has 2 aromatic heterocycles. The number of carbonyl (C=O) groups excluding carboxylic acids is 1. The van der Waals surface area contributed by atoms with Crippen molar-refractivity contribution < 1.29 is 19.7 Å². The highest BCUT2D eigenvalue weighted by molar-refractivity contribution is 5.98. The highest BCUT2D eigenvalue weighted by Gasteiger charge is 2.35. The number of aromatic nitrogens is 4. The minimum absolute atomic E-state index is 0.0638. The molecule has 11 heteroatoms. The summed E-state index contributed by atoms with van der Waals surface area (Å²) >= 11 is 0. The lowest BCUT2D eigenvalue weighted by Crippen LogP contribution is -2.24. The number of nitrogens with one attached hydrogen (secondary N) is 3. The van der Waals surface area contributed by atoms with E-state index in [0.29, 0.717) is 5.69 Å². The summed E-state index contributed by atoms with van der Waals surface area (Å²) in [5.41, 5.74) is 1.38. The fourth-order valence-corrected chi connectivity index (χ4v) is 3.15. The molecule has 3 heterocycles. The number of aliphatic hydroxyl groups is 2. The normalized spacial score (nSPS) is 21.4. The van der Waals surface area contributed by atoms with Crippen LogP contribution in [-0.2, 0) is 4.74 Å². The van der Waals surface area contributed by atoms with Crippen molar-refractivity contribution in [1.82, 2.24) is 19.5 Å². The van der Waals surface area contributed by atoms with E-state index in [4.69, 9.17) is 4.74 Å². The fraction of sp³-hybridized carbons (Fsp3) is 0.333. The van der Waals surface area contributed by atoms with Gasteiger partial charge in [-0.2, -0.15) is 4.98 Å². The predicted octanol–water partition coefficient (Wildman–Crippen LogP) is 0.713. The summed E-state index contributed by atoms with van der Waals surface area (Å²) in [4.78, 5) is 35.3. The van der Waals surface area contributed by atoms with Gasteiger partial charge < -0.3 is 20.3 Å². The van der Waals surface area contributed by atoms with Gasteiger partial charge in [-0.1, -0.05) is 17.7 Å². The molecule has 29 heavy (non-hydrogen) atoms. The molecule has 0 saturated carbocycles. The molecule has 11 nitrogen and oxygen atoms in total. The summed E-state index contributed by atoms with van der Waals surface area (Å²) in [6.45, 7) is 1.61. The molecule has 1 saturated heterocycles. The molecule has 3 aromatic rings. The average molecular weight is 400 g/mol. The van der Waals surface area contributed by atoms with Gasteiger partial charge in [-0.3, -0.25) is 19.7 Å². The molecule has 0 bridgehead atoms. The van der Waals surface area contributed by atoms with E-state index in [1.54, 1.807) is 12.1 Å². The number of H-pyrrole nitrogens is 1. The molecule has 5 N–H and O–H groups in total. The van der Waals surface area contributed by atoms with Crippen LogP contribution in [0.15, 0.2) is 35.4 Å². The van der Waals surface area contributed by atoms with Crippen LogP contribution in [0.5, 0.6) is 0 Å². The van der Waals surface area contributed by atoms with Gasteiger partial charge in [0.2, 0.25) is 5.95 Å². The molecule has 0 unspecified atom stereocenters. The first kappa shape index (κ1) is 19.1. The number of aliphatic hydroxyl groups excluding tert-OH is 2. The Morgan fingerprint density at radius 1 is 1.34 bits per heavy atom. The summed E-state index contributed by atoms with van der Waals surface area (Å²) in [7, 11) is 0. The number of imidazole rings is 1. The van der Waals surface area contributed by atoms with Crippen molar-refractivity contribution in [1.29, 1.82) is 0 Å². The number of ether oxygens (including phenoxy) is 1. The Labute approximate surface area is 164 Å². The summed E-state index contributed by atoms with van der Waals surface area (Å²) < 4.78 is 7.09. The van der Waals surface area contributed by atoms with Crippen LogP contribution in [0.1, 0.15) is 18.2 Å². The maximum absolute atomic E-state index is 12.3. The second-order valence-electron chi connectivity index (χ2n) is 6.80. The molecule has 0 radical (unpaired) electrons. The zero-order valence-corrected chi connectivity index (χ0v) is 15.5. The third kappa shape index (κ3) is 3.83. The van der Waals surface area contributed by atoms with Crippen molar-refractivity contribution in [3.63, 3.8) is 0 Å². The molecule has 3 atom stereocenters. The van der Waals surface area contributed by atoms with Gasteiger partial charge in [0.25, 0.3) is 5.56 Å². The fourth-order valence-electron chi connectivity index (χ4n) is 3.15. The maximum Gasteiger partial charge on any atom is 0.326 e. The van der Waals surface area contributed by atoms with Crippen LogP contribution in [0.2, 0.25) is 0 Å². The van der Waals surface area contributed by atoms with Crippen molar-refractivity contribution in [3.8, 4) is 0 Å². The highest BCUT2D eigenvalue weighted by Crippen LogP contribution is 2.30. The molecule has 1 aliphatic heterocycles. The van der Waals surface area contributed by atoms with Crippen LogP contribution in [0.4, 0.5) is 16.4 Å². The molecule has 4 rings (SSSR count). The van der Waals surface area contributed by atoms with E-state index in [1.165, 1.54) is 10.9 Å². The average Bonchev–Trinajstić information content (AvgIpc) is 3.27. The minimum Gasteiger partial charge on any atom is -0.394 e. The van der Waals surface area contributed by atoms with Gasteiger partial charge in [0.15, 0.2) is 11.2 Å². The molecular formula is C18H20N6O5. The van der Waals surface area contributed by atoms with Crippen molar-refractivity contribution in [3.05, 3.63) is 46.5 Å².